The van der Waals surface area contributed by atoms with Gasteiger partial charge in [0.25, 0.3) is 5.91 Å². The van der Waals surface area contributed by atoms with Crippen molar-refractivity contribution in [3.05, 3.63) is 46.7 Å². The van der Waals surface area contributed by atoms with E-state index in [1.54, 1.807) is 4.90 Å². The van der Waals surface area contributed by atoms with Gasteiger partial charge in [0.2, 0.25) is 5.91 Å². The summed E-state index contributed by atoms with van der Waals surface area (Å²) in [6.45, 7) is 1.23. The fourth-order valence-corrected chi connectivity index (χ4v) is 3.16. The van der Waals surface area contributed by atoms with E-state index in [0.29, 0.717) is 18.0 Å². The van der Waals surface area contributed by atoms with Crippen LogP contribution >= 0.6 is 11.3 Å². The van der Waals surface area contributed by atoms with Gasteiger partial charge in [0.15, 0.2) is 0 Å². The number of thiophene rings is 1. The normalized spacial score (nSPS) is 15.0. The minimum atomic E-state index is -0.0950. The Bertz CT molecular complexity index is 636. The molecule has 3 rings (SSSR count). The Labute approximate surface area is 121 Å². The van der Waals surface area contributed by atoms with Gasteiger partial charge in [-0.1, -0.05) is 30.3 Å². The molecule has 0 atom stereocenters. The SMILES string of the molecule is O=C1CN(C(=O)c2sccc2-c2ccccc2)CCN1. The molecule has 4 nitrogen and oxygen atoms in total. The molecule has 2 amide bonds. The van der Waals surface area contributed by atoms with E-state index >= 15 is 0 Å². The van der Waals surface area contributed by atoms with Crippen molar-refractivity contribution >= 4 is 23.2 Å². The largest absolute Gasteiger partial charge is 0.353 e. The molecule has 1 saturated heterocycles. The van der Waals surface area contributed by atoms with Crippen LogP contribution in [0, 0.1) is 0 Å². The van der Waals surface area contributed by atoms with E-state index < -0.39 is 0 Å². The fraction of sp³-hybridized carbons (Fsp3) is 0.200. The van der Waals surface area contributed by atoms with Gasteiger partial charge in [-0.2, -0.15) is 0 Å². The van der Waals surface area contributed by atoms with Gasteiger partial charge in [0, 0.05) is 18.7 Å². The van der Waals surface area contributed by atoms with Crippen molar-refractivity contribution in [1.29, 1.82) is 0 Å². The van der Waals surface area contributed by atoms with Gasteiger partial charge in [-0.05, 0) is 17.0 Å². The molecule has 2 aromatic rings. The first-order chi connectivity index (χ1) is 9.75. The van der Waals surface area contributed by atoms with Crippen molar-refractivity contribution in [3.63, 3.8) is 0 Å². The summed E-state index contributed by atoms with van der Waals surface area (Å²) in [6, 6.07) is 11.8. The first-order valence-corrected chi connectivity index (χ1v) is 7.32. The minimum Gasteiger partial charge on any atom is -0.353 e. The summed E-state index contributed by atoms with van der Waals surface area (Å²) in [5, 5.41) is 4.65. The zero-order valence-electron chi connectivity index (χ0n) is 10.8. The Hall–Kier alpha value is -2.14. The standard InChI is InChI=1S/C15H14N2O2S/c18-13-10-17(8-7-16-13)15(19)14-12(6-9-20-14)11-4-2-1-3-5-11/h1-6,9H,7-8,10H2,(H,16,18). The average molecular weight is 286 g/mol. The quantitative estimate of drug-likeness (QED) is 0.918. The van der Waals surface area contributed by atoms with Gasteiger partial charge in [0.1, 0.15) is 0 Å². The van der Waals surface area contributed by atoms with Crippen molar-refractivity contribution in [2.45, 2.75) is 0 Å². The number of piperazine rings is 1. The molecule has 1 aliphatic rings. The smallest absolute Gasteiger partial charge is 0.265 e. The average Bonchev–Trinajstić information content (AvgIpc) is 2.97. The predicted molar refractivity (Wildman–Crippen MR) is 78.7 cm³/mol. The summed E-state index contributed by atoms with van der Waals surface area (Å²) in [5.74, 6) is -0.156. The second-order valence-electron chi connectivity index (χ2n) is 4.61. The lowest BCUT2D eigenvalue weighted by Gasteiger charge is -2.26. The van der Waals surface area contributed by atoms with E-state index in [9.17, 15) is 9.59 Å². The molecule has 102 valence electrons. The number of rotatable bonds is 2. The van der Waals surface area contributed by atoms with Crippen LogP contribution in [0.3, 0.4) is 0 Å². The predicted octanol–water partition coefficient (Wildman–Crippen LogP) is 1.99. The Morgan fingerprint density at radius 2 is 2.00 bits per heavy atom. The lowest BCUT2D eigenvalue weighted by molar-refractivity contribution is -0.123. The third-order valence-corrected chi connectivity index (χ3v) is 4.17. The number of nitrogens with one attached hydrogen (secondary N) is 1. The molecule has 1 fully saturated rings. The van der Waals surface area contributed by atoms with Gasteiger partial charge < -0.3 is 10.2 Å². The highest BCUT2D eigenvalue weighted by Crippen LogP contribution is 2.29. The van der Waals surface area contributed by atoms with Crippen LogP contribution in [-0.2, 0) is 4.79 Å². The van der Waals surface area contributed by atoms with Crippen LogP contribution in [0.5, 0.6) is 0 Å². The summed E-state index contributed by atoms with van der Waals surface area (Å²) < 4.78 is 0. The Morgan fingerprint density at radius 1 is 1.20 bits per heavy atom. The zero-order valence-corrected chi connectivity index (χ0v) is 11.7. The van der Waals surface area contributed by atoms with Crippen molar-refractivity contribution in [1.82, 2.24) is 10.2 Å². The maximum absolute atomic E-state index is 12.6. The van der Waals surface area contributed by atoms with Gasteiger partial charge in [-0.25, -0.2) is 0 Å². The van der Waals surface area contributed by atoms with Gasteiger partial charge >= 0.3 is 0 Å². The third-order valence-electron chi connectivity index (χ3n) is 3.27. The zero-order chi connectivity index (χ0) is 13.9. The number of benzene rings is 1. The van der Waals surface area contributed by atoms with Crippen LogP contribution < -0.4 is 5.32 Å². The molecule has 1 aromatic heterocycles. The van der Waals surface area contributed by atoms with Crippen LogP contribution in [0.15, 0.2) is 41.8 Å². The number of carbonyl (C=O) groups excluding carboxylic acids is 2. The molecule has 0 bridgehead atoms. The highest BCUT2D eigenvalue weighted by Gasteiger charge is 2.25. The molecular formula is C15H14N2O2S. The Kier molecular flexibility index (Phi) is 3.52. The summed E-state index contributed by atoms with van der Waals surface area (Å²) in [4.78, 5) is 26.3. The Morgan fingerprint density at radius 3 is 2.75 bits per heavy atom. The van der Waals surface area contributed by atoms with Crippen molar-refractivity contribution in [2.75, 3.05) is 19.6 Å². The van der Waals surface area contributed by atoms with Crippen LogP contribution in [0.25, 0.3) is 11.1 Å². The van der Waals surface area contributed by atoms with Crippen LogP contribution in [0.4, 0.5) is 0 Å². The van der Waals surface area contributed by atoms with E-state index in [0.717, 1.165) is 11.1 Å². The minimum absolute atomic E-state index is 0.0614. The molecule has 0 unspecified atom stereocenters. The van der Waals surface area contributed by atoms with Gasteiger partial charge in [-0.3, -0.25) is 9.59 Å². The van der Waals surface area contributed by atoms with Crippen LogP contribution in [0.2, 0.25) is 0 Å². The molecule has 0 saturated carbocycles. The molecular weight excluding hydrogens is 272 g/mol. The van der Waals surface area contributed by atoms with Gasteiger partial charge in [-0.15, -0.1) is 11.3 Å². The summed E-state index contributed by atoms with van der Waals surface area (Å²) >= 11 is 1.42. The molecule has 1 N–H and O–H groups in total. The van der Waals surface area contributed by atoms with Crippen LogP contribution in [-0.4, -0.2) is 36.3 Å². The number of carbonyl (C=O) groups is 2. The summed E-state index contributed by atoms with van der Waals surface area (Å²) in [6.07, 6.45) is 0. The molecule has 2 heterocycles. The van der Waals surface area contributed by atoms with E-state index in [-0.39, 0.29) is 18.4 Å². The maximum Gasteiger partial charge on any atom is 0.265 e. The van der Waals surface area contributed by atoms with Crippen LogP contribution in [0.1, 0.15) is 9.67 Å². The van der Waals surface area contributed by atoms with E-state index in [1.807, 2.05) is 41.8 Å². The van der Waals surface area contributed by atoms with E-state index in [4.69, 9.17) is 0 Å². The molecule has 20 heavy (non-hydrogen) atoms. The molecule has 1 aliphatic heterocycles. The van der Waals surface area contributed by atoms with Crippen molar-refractivity contribution in [2.24, 2.45) is 0 Å². The number of hydrogen-bond donors (Lipinski definition) is 1. The highest BCUT2D eigenvalue weighted by atomic mass is 32.1. The molecule has 5 heteroatoms. The maximum atomic E-state index is 12.6. The lowest BCUT2D eigenvalue weighted by Crippen LogP contribution is -2.49. The lowest BCUT2D eigenvalue weighted by atomic mass is 10.1. The third kappa shape index (κ3) is 2.44. The summed E-state index contributed by atoms with van der Waals surface area (Å²) in [7, 11) is 0. The molecule has 0 spiro atoms. The van der Waals surface area contributed by atoms with E-state index in [2.05, 4.69) is 5.32 Å². The van der Waals surface area contributed by atoms with Gasteiger partial charge in [0.05, 0.1) is 11.4 Å². The number of nitrogens with zero attached hydrogens (tertiary/aromatic N) is 1. The molecule has 0 aliphatic carbocycles. The topological polar surface area (TPSA) is 49.4 Å². The fourth-order valence-electron chi connectivity index (χ4n) is 2.28. The van der Waals surface area contributed by atoms with Crippen molar-refractivity contribution in [3.8, 4) is 11.1 Å². The Balaban J connectivity index is 1.90. The summed E-state index contributed by atoms with van der Waals surface area (Å²) in [5.41, 5.74) is 1.96. The second kappa shape index (κ2) is 5.46. The monoisotopic (exact) mass is 286 g/mol. The first kappa shape index (κ1) is 12.9. The van der Waals surface area contributed by atoms with E-state index in [1.165, 1.54) is 11.3 Å². The number of amides is 2. The molecule has 0 radical (unpaired) electrons. The molecule has 1 aromatic carbocycles. The number of hydrogen-bond acceptors (Lipinski definition) is 3. The second-order valence-corrected chi connectivity index (χ2v) is 5.52. The van der Waals surface area contributed by atoms with Crippen molar-refractivity contribution < 1.29 is 9.59 Å². The highest BCUT2D eigenvalue weighted by molar-refractivity contribution is 7.12. The first-order valence-electron chi connectivity index (χ1n) is 6.44.